The van der Waals surface area contributed by atoms with Crippen LogP contribution in [0.5, 0.6) is 11.5 Å². The molecule has 8 nitrogen and oxygen atoms in total. The summed E-state index contributed by atoms with van der Waals surface area (Å²) in [5.41, 5.74) is 0.225. The van der Waals surface area contributed by atoms with Gasteiger partial charge in [0.05, 0.1) is 11.1 Å². The van der Waals surface area contributed by atoms with Crippen molar-refractivity contribution in [2.75, 3.05) is 0 Å². The van der Waals surface area contributed by atoms with Crippen LogP contribution in [0.2, 0.25) is 0 Å². The van der Waals surface area contributed by atoms with Gasteiger partial charge in [0.1, 0.15) is 11.5 Å². The molecule has 0 aliphatic heterocycles. The van der Waals surface area contributed by atoms with Crippen molar-refractivity contribution >= 4 is 56.9 Å². The third-order valence-corrected chi connectivity index (χ3v) is 8.25. The predicted octanol–water partition coefficient (Wildman–Crippen LogP) is 8.94. The topological polar surface area (TPSA) is 105 Å². The zero-order valence-corrected chi connectivity index (χ0v) is 25.0. The van der Waals surface area contributed by atoms with Gasteiger partial charge in [0.25, 0.3) is 0 Å². The molecule has 2 aliphatic rings. The van der Waals surface area contributed by atoms with E-state index in [1.165, 1.54) is 12.1 Å². The maximum absolute atomic E-state index is 14.2. The number of ketones is 2. The molecule has 0 saturated carbocycles. The highest BCUT2D eigenvalue weighted by atomic mass is 16.7. The molecule has 48 heavy (non-hydrogen) atoms. The zero-order valence-electron chi connectivity index (χ0n) is 25.0. The highest BCUT2D eigenvalue weighted by Crippen LogP contribution is 2.45. The van der Waals surface area contributed by atoms with Crippen molar-refractivity contribution < 1.29 is 38.1 Å². The molecule has 0 aromatic heterocycles. The van der Waals surface area contributed by atoms with E-state index >= 15 is 0 Å². The van der Waals surface area contributed by atoms with E-state index in [4.69, 9.17) is 18.9 Å². The van der Waals surface area contributed by atoms with E-state index in [9.17, 15) is 19.2 Å². The number of hydrogen-bond donors (Lipinski definition) is 0. The van der Waals surface area contributed by atoms with Crippen LogP contribution in [0, 0.1) is 0 Å². The van der Waals surface area contributed by atoms with Crippen molar-refractivity contribution in [3.63, 3.8) is 0 Å². The third kappa shape index (κ3) is 4.80. The number of fused-ring (bicyclic) bond motifs is 5. The molecule has 0 fully saturated rings. The molecule has 0 spiro atoms. The second kappa shape index (κ2) is 11.5. The van der Waals surface area contributed by atoms with Crippen molar-refractivity contribution in [3.8, 4) is 11.5 Å². The van der Waals surface area contributed by atoms with Crippen molar-refractivity contribution in [2.24, 2.45) is 0 Å². The van der Waals surface area contributed by atoms with Crippen molar-refractivity contribution in [1.29, 1.82) is 0 Å². The average molecular weight is 631 g/mol. The number of carbonyl (C=O) groups excluding carboxylic acids is 4. The van der Waals surface area contributed by atoms with Crippen molar-refractivity contribution in [1.82, 2.24) is 0 Å². The van der Waals surface area contributed by atoms with Gasteiger partial charge in [0, 0.05) is 33.0 Å². The van der Waals surface area contributed by atoms with Gasteiger partial charge in [0.2, 0.25) is 0 Å². The van der Waals surface area contributed by atoms with Gasteiger partial charge in [-0.2, -0.15) is 0 Å². The Morgan fingerprint density at radius 2 is 0.729 bits per heavy atom. The average Bonchev–Trinajstić information content (AvgIpc) is 3.11. The van der Waals surface area contributed by atoms with Gasteiger partial charge in [-0.05, 0) is 22.9 Å². The summed E-state index contributed by atoms with van der Waals surface area (Å²) in [7, 11) is 0. The number of ether oxygens (including phenoxy) is 4. The van der Waals surface area contributed by atoms with E-state index in [1.807, 2.05) is 48.5 Å². The summed E-state index contributed by atoms with van der Waals surface area (Å²) in [4.78, 5) is 55.1. The fourth-order valence-corrected chi connectivity index (χ4v) is 6.13. The highest BCUT2D eigenvalue weighted by molar-refractivity contribution is 6.34. The Hall–Kier alpha value is -6.80. The first kappa shape index (κ1) is 28.7. The number of hydrogen-bond acceptors (Lipinski definition) is 8. The van der Waals surface area contributed by atoms with Gasteiger partial charge < -0.3 is 18.9 Å². The number of Topliss-reactive ketones (excluding diaryl/α,β-unsaturated/α-hetero) is 2. The summed E-state index contributed by atoms with van der Waals surface area (Å²) >= 11 is 0. The first-order valence-electron chi connectivity index (χ1n) is 15.0. The van der Waals surface area contributed by atoms with Crippen LogP contribution in [0.3, 0.4) is 0 Å². The molecule has 2 aliphatic carbocycles. The molecule has 6 aromatic carbocycles. The standard InChI is InChI=1S/C40H22O8/c41-35-28-18-6-8-20-30(28)38(48-40(44)46-32-22-10-14-24-12-2-4-16-26(24)32)34-33(35)37(29-19-7-5-17-27(29)36(34)42)47-39(43)45-31-21-9-13-23-11-1-3-15-25(23)31/h1-22H. The van der Waals surface area contributed by atoms with Gasteiger partial charge in [-0.15, -0.1) is 0 Å². The van der Waals surface area contributed by atoms with Crippen molar-refractivity contribution in [3.05, 3.63) is 167 Å². The molecule has 230 valence electrons. The van der Waals surface area contributed by atoms with E-state index in [1.54, 1.807) is 72.8 Å². The Kier molecular flexibility index (Phi) is 6.88. The molecule has 0 amide bonds. The van der Waals surface area contributed by atoms with Gasteiger partial charge in [-0.25, -0.2) is 9.59 Å². The molecule has 0 saturated heterocycles. The van der Waals surface area contributed by atoms with E-state index in [2.05, 4.69) is 0 Å². The third-order valence-electron chi connectivity index (χ3n) is 8.25. The van der Waals surface area contributed by atoms with Crippen LogP contribution in [-0.2, 0) is 9.47 Å². The summed E-state index contributed by atoms with van der Waals surface area (Å²) in [6.45, 7) is 0. The van der Waals surface area contributed by atoms with E-state index in [0.717, 1.165) is 10.8 Å². The summed E-state index contributed by atoms with van der Waals surface area (Å²) in [6.07, 6.45) is -2.25. The molecule has 0 unspecified atom stereocenters. The number of rotatable bonds is 4. The Balaban J connectivity index is 1.24. The van der Waals surface area contributed by atoms with Crippen LogP contribution in [0.1, 0.15) is 31.8 Å². The summed E-state index contributed by atoms with van der Waals surface area (Å²) in [5.74, 6) is -1.08. The lowest BCUT2D eigenvalue weighted by Gasteiger charge is -2.28. The van der Waals surface area contributed by atoms with Crippen LogP contribution >= 0.6 is 0 Å². The molecule has 0 bridgehead atoms. The van der Waals surface area contributed by atoms with Gasteiger partial charge >= 0.3 is 12.3 Å². The van der Waals surface area contributed by atoms with Gasteiger partial charge in [0.15, 0.2) is 23.1 Å². The van der Waals surface area contributed by atoms with Gasteiger partial charge in [-0.1, -0.05) is 121 Å². The maximum atomic E-state index is 14.2. The lowest BCUT2D eigenvalue weighted by atomic mass is 9.76. The minimum atomic E-state index is -1.12. The monoisotopic (exact) mass is 630 g/mol. The zero-order chi connectivity index (χ0) is 32.8. The SMILES string of the molecule is O=C(OC1=C2C(=O)c3ccccc3C(OC(=O)Oc3cccc4ccccc34)=C2C(=O)c2ccccc21)Oc1cccc2ccccc12. The summed E-state index contributed by atoms with van der Waals surface area (Å²) in [6, 6.07) is 38.0. The molecule has 0 N–H and O–H groups in total. The van der Waals surface area contributed by atoms with E-state index in [0.29, 0.717) is 10.8 Å². The number of carbonyl (C=O) groups is 4. The van der Waals surface area contributed by atoms with Gasteiger partial charge in [-0.3, -0.25) is 9.59 Å². The Bertz CT molecular complexity index is 2250. The van der Waals surface area contributed by atoms with E-state index in [-0.39, 0.29) is 56.4 Å². The second-order valence-electron chi connectivity index (χ2n) is 11.0. The Morgan fingerprint density at radius 1 is 0.375 bits per heavy atom. The molecular formula is C40H22O8. The van der Waals surface area contributed by atoms with Crippen LogP contribution < -0.4 is 9.47 Å². The van der Waals surface area contributed by atoms with Crippen LogP contribution in [0.25, 0.3) is 33.1 Å². The van der Waals surface area contributed by atoms with Crippen LogP contribution in [-0.4, -0.2) is 23.9 Å². The van der Waals surface area contributed by atoms with Crippen LogP contribution in [0.15, 0.2) is 145 Å². The molecule has 0 radical (unpaired) electrons. The Morgan fingerprint density at radius 3 is 1.17 bits per heavy atom. The van der Waals surface area contributed by atoms with E-state index < -0.39 is 23.9 Å². The second-order valence-corrected chi connectivity index (χ2v) is 11.0. The molecule has 8 rings (SSSR count). The first-order chi connectivity index (χ1) is 23.5. The molecule has 0 atom stereocenters. The summed E-state index contributed by atoms with van der Waals surface area (Å²) in [5, 5.41) is 3.05. The molecule has 6 aromatic rings. The fraction of sp³-hybridized carbons (Fsp3) is 0. The highest BCUT2D eigenvalue weighted by Gasteiger charge is 2.43. The lowest BCUT2D eigenvalue weighted by molar-refractivity contribution is 0.0979. The number of allylic oxidation sites excluding steroid dienone is 2. The first-order valence-corrected chi connectivity index (χ1v) is 15.0. The normalized spacial score (nSPS) is 13.5. The molecule has 0 heterocycles. The smallest absolute Gasteiger partial charge is 0.394 e. The maximum Gasteiger partial charge on any atom is 0.519 e. The van der Waals surface area contributed by atoms with Crippen LogP contribution in [0.4, 0.5) is 9.59 Å². The minimum Gasteiger partial charge on any atom is -0.394 e. The summed E-state index contributed by atoms with van der Waals surface area (Å²) < 4.78 is 22.9. The molecular weight excluding hydrogens is 608 g/mol. The Labute approximate surface area is 273 Å². The fourth-order valence-electron chi connectivity index (χ4n) is 6.13. The quantitative estimate of drug-likeness (QED) is 0.140. The van der Waals surface area contributed by atoms with Crippen molar-refractivity contribution in [2.45, 2.75) is 0 Å². The lowest BCUT2D eigenvalue weighted by Crippen LogP contribution is -2.29. The largest absolute Gasteiger partial charge is 0.519 e. The minimum absolute atomic E-state index is 0.139. The predicted molar refractivity (Wildman–Crippen MR) is 177 cm³/mol. The number of benzene rings is 6. The molecule has 8 heteroatoms.